The van der Waals surface area contributed by atoms with Crippen molar-refractivity contribution in [3.8, 4) is 16.9 Å². The number of halogens is 2. The molecule has 1 saturated carbocycles. The van der Waals surface area contributed by atoms with E-state index in [-0.39, 0.29) is 23.8 Å². The zero-order valence-electron chi connectivity index (χ0n) is 19.8. The molecule has 36 heavy (non-hydrogen) atoms. The van der Waals surface area contributed by atoms with E-state index in [4.69, 9.17) is 10.5 Å². The number of aromatic nitrogens is 4. The highest BCUT2D eigenvalue weighted by molar-refractivity contribution is 5.95. The van der Waals surface area contributed by atoms with Gasteiger partial charge < -0.3 is 15.8 Å². The Bertz CT molecular complexity index is 1430. The predicted octanol–water partition coefficient (Wildman–Crippen LogP) is 4.46. The summed E-state index contributed by atoms with van der Waals surface area (Å²) in [4.78, 5) is 21.5. The highest BCUT2D eigenvalue weighted by atomic mass is 19.1. The molecule has 5 rings (SSSR count). The first-order chi connectivity index (χ1) is 17.4. The Labute approximate surface area is 206 Å². The average Bonchev–Trinajstić information content (AvgIpc) is 3.50. The van der Waals surface area contributed by atoms with Crippen molar-refractivity contribution in [2.75, 3.05) is 12.3 Å². The minimum atomic E-state index is -0.764. The largest absolute Gasteiger partial charge is 0.493 e. The molecule has 186 valence electrons. The number of nitrogens with zero attached hydrogens (tertiary/aromatic N) is 4. The predicted molar refractivity (Wildman–Crippen MR) is 130 cm³/mol. The monoisotopic (exact) mass is 492 g/mol. The van der Waals surface area contributed by atoms with Gasteiger partial charge >= 0.3 is 0 Å². The minimum absolute atomic E-state index is 0.109. The summed E-state index contributed by atoms with van der Waals surface area (Å²) in [6.45, 7) is 2.08. The normalized spacial score (nSPS) is 13.9. The van der Waals surface area contributed by atoms with E-state index in [0.29, 0.717) is 23.7 Å². The van der Waals surface area contributed by atoms with Crippen molar-refractivity contribution in [1.29, 1.82) is 0 Å². The maximum absolute atomic E-state index is 14.6. The van der Waals surface area contributed by atoms with Gasteiger partial charge in [0.1, 0.15) is 17.4 Å². The Morgan fingerprint density at radius 3 is 2.83 bits per heavy atom. The SMILES string of the molecule is Cc1ncc(C(=O)NCc2c(F)cc(F)cc2OCC2CCCC2)cc1-c1ccn2nc(N)nc2c1. The van der Waals surface area contributed by atoms with Gasteiger partial charge in [-0.25, -0.2) is 13.3 Å². The Kier molecular flexibility index (Phi) is 6.49. The fraction of sp³-hybridized carbons (Fsp3) is 0.308. The van der Waals surface area contributed by atoms with E-state index in [0.717, 1.165) is 48.6 Å². The van der Waals surface area contributed by atoms with E-state index in [1.54, 1.807) is 22.8 Å². The second kappa shape index (κ2) is 9.88. The van der Waals surface area contributed by atoms with Gasteiger partial charge in [-0.3, -0.25) is 9.78 Å². The van der Waals surface area contributed by atoms with Gasteiger partial charge in [-0.2, -0.15) is 4.98 Å². The maximum Gasteiger partial charge on any atom is 0.253 e. The second-order valence-electron chi connectivity index (χ2n) is 9.05. The summed E-state index contributed by atoms with van der Waals surface area (Å²) in [7, 11) is 0. The summed E-state index contributed by atoms with van der Waals surface area (Å²) in [5.41, 5.74) is 8.89. The summed E-state index contributed by atoms with van der Waals surface area (Å²) < 4.78 is 35.9. The first-order valence-corrected chi connectivity index (χ1v) is 11.8. The fourth-order valence-corrected chi connectivity index (χ4v) is 4.55. The van der Waals surface area contributed by atoms with Crippen molar-refractivity contribution >= 4 is 17.5 Å². The van der Waals surface area contributed by atoms with Gasteiger partial charge in [-0.05, 0) is 49.4 Å². The number of pyridine rings is 2. The van der Waals surface area contributed by atoms with Crippen LogP contribution in [0.25, 0.3) is 16.8 Å². The zero-order chi connectivity index (χ0) is 25.2. The molecular weight excluding hydrogens is 466 g/mol. The maximum atomic E-state index is 14.6. The Balaban J connectivity index is 1.34. The summed E-state index contributed by atoms with van der Waals surface area (Å²) in [6.07, 6.45) is 7.56. The molecule has 1 aliphatic rings. The quantitative estimate of drug-likeness (QED) is 0.395. The number of amides is 1. The molecule has 0 aliphatic heterocycles. The van der Waals surface area contributed by atoms with Gasteiger partial charge in [-0.1, -0.05) is 12.8 Å². The number of nitrogens with two attached hydrogens (primary N) is 1. The number of nitrogens with one attached hydrogen (secondary N) is 1. The smallest absolute Gasteiger partial charge is 0.253 e. The van der Waals surface area contributed by atoms with Crippen molar-refractivity contribution in [1.82, 2.24) is 24.9 Å². The molecule has 3 aromatic heterocycles. The minimum Gasteiger partial charge on any atom is -0.493 e. The standard InChI is InChI=1S/C26H26F2N6O2/c1-15-20(17-6-7-34-24(9-17)32-26(29)33-34)8-18(12-30-15)25(35)31-13-21-22(28)10-19(27)11-23(21)36-14-16-4-2-3-5-16/h6-12,16H,2-5,13-14H2,1H3,(H2,29,33)(H,31,35). The van der Waals surface area contributed by atoms with Gasteiger partial charge in [0, 0.05) is 47.9 Å². The third-order valence-electron chi connectivity index (χ3n) is 6.51. The van der Waals surface area contributed by atoms with Crippen molar-refractivity contribution in [2.45, 2.75) is 39.2 Å². The lowest BCUT2D eigenvalue weighted by atomic mass is 10.0. The molecule has 0 spiro atoms. The fourth-order valence-electron chi connectivity index (χ4n) is 4.55. The number of ether oxygens (including phenoxy) is 1. The van der Waals surface area contributed by atoms with Crippen LogP contribution in [0.4, 0.5) is 14.7 Å². The van der Waals surface area contributed by atoms with Crippen LogP contribution in [-0.4, -0.2) is 32.1 Å². The van der Waals surface area contributed by atoms with Crippen molar-refractivity contribution in [3.05, 3.63) is 71.2 Å². The van der Waals surface area contributed by atoms with Crippen molar-refractivity contribution < 1.29 is 18.3 Å². The molecule has 0 atom stereocenters. The summed E-state index contributed by atoms with van der Waals surface area (Å²) in [5.74, 6) is -1.27. The van der Waals surface area contributed by atoms with E-state index in [9.17, 15) is 13.6 Å². The Morgan fingerprint density at radius 1 is 1.22 bits per heavy atom. The van der Waals surface area contributed by atoms with Crippen LogP contribution in [-0.2, 0) is 6.54 Å². The molecule has 3 heterocycles. The number of nitrogen functional groups attached to an aromatic ring is 1. The molecule has 1 amide bonds. The van der Waals surface area contributed by atoms with E-state index in [1.165, 1.54) is 12.3 Å². The number of hydrogen-bond donors (Lipinski definition) is 2. The summed E-state index contributed by atoms with van der Waals surface area (Å²) in [5, 5.41) is 6.77. The van der Waals surface area contributed by atoms with Crippen LogP contribution in [0.2, 0.25) is 0 Å². The molecule has 1 fully saturated rings. The van der Waals surface area contributed by atoms with Crippen LogP contribution in [0.1, 0.15) is 47.3 Å². The van der Waals surface area contributed by atoms with Crippen LogP contribution in [0.15, 0.2) is 42.7 Å². The first-order valence-electron chi connectivity index (χ1n) is 11.8. The molecule has 1 aliphatic carbocycles. The van der Waals surface area contributed by atoms with Crippen LogP contribution in [0, 0.1) is 24.5 Å². The molecule has 0 unspecified atom stereocenters. The van der Waals surface area contributed by atoms with Crippen molar-refractivity contribution in [3.63, 3.8) is 0 Å². The van der Waals surface area contributed by atoms with Crippen LogP contribution >= 0.6 is 0 Å². The highest BCUT2D eigenvalue weighted by Gasteiger charge is 2.19. The van der Waals surface area contributed by atoms with Gasteiger partial charge in [0.15, 0.2) is 5.65 Å². The molecule has 0 saturated heterocycles. The van der Waals surface area contributed by atoms with E-state index < -0.39 is 17.5 Å². The zero-order valence-corrected chi connectivity index (χ0v) is 19.8. The topological polar surface area (TPSA) is 107 Å². The third kappa shape index (κ3) is 4.98. The molecular formula is C26H26F2N6O2. The van der Waals surface area contributed by atoms with Crippen LogP contribution < -0.4 is 15.8 Å². The number of hydrogen-bond acceptors (Lipinski definition) is 6. The molecule has 0 radical (unpaired) electrons. The number of fused-ring (bicyclic) bond motifs is 1. The number of rotatable bonds is 7. The van der Waals surface area contributed by atoms with Crippen LogP contribution in [0.3, 0.4) is 0 Å². The van der Waals surface area contributed by atoms with E-state index in [2.05, 4.69) is 20.4 Å². The molecule has 10 heteroatoms. The third-order valence-corrected chi connectivity index (χ3v) is 6.51. The van der Waals surface area contributed by atoms with Gasteiger partial charge in [-0.15, -0.1) is 5.10 Å². The Hall–Kier alpha value is -4.08. The highest BCUT2D eigenvalue weighted by Crippen LogP contribution is 2.29. The lowest BCUT2D eigenvalue weighted by Crippen LogP contribution is -2.24. The molecule has 0 bridgehead atoms. The molecule has 1 aromatic carbocycles. The summed E-state index contributed by atoms with van der Waals surface area (Å²) >= 11 is 0. The first kappa shape index (κ1) is 23.7. The number of carbonyl (C=O) groups is 1. The number of aryl methyl sites for hydroxylation is 1. The number of benzene rings is 1. The van der Waals surface area contributed by atoms with Crippen molar-refractivity contribution in [2.24, 2.45) is 5.92 Å². The summed E-state index contributed by atoms with van der Waals surface area (Å²) in [6, 6.07) is 7.30. The molecule has 8 nitrogen and oxygen atoms in total. The molecule has 3 N–H and O–H groups in total. The van der Waals surface area contributed by atoms with E-state index >= 15 is 0 Å². The number of carbonyl (C=O) groups excluding carboxylic acids is 1. The van der Waals surface area contributed by atoms with Crippen LogP contribution in [0.5, 0.6) is 5.75 Å². The second-order valence-corrected chi connectivity index (χ2v) is 9.05. The Morgan fingerprint density at radius 2 is 2.03 bits per heavy atom. The average molecular weight is 493 g/mol. The van der Waals surface area contributed by atoms with Gasteiger partial charge in [0.25, 0.3) is 5.91 Å². The van der Waals surface area contributed by atoms with Gasteiger partial charge in [0.2, 0.25) is 5.95 Å². The number of anilines is 1. The molecule has 4 aromatic rings. The lowest BCUT2D eigenvalue weighted by molar-refractivity contribution is 0.0950. The van der Waals surface area contributed by atoms with Gasteiger partial charge in [0.05, 0.1) is 12.2 Å². The van der Waals surface area contributed by atoms with E-state index in [1.807, 2.05) is 13.0 Å². The lowest BCUT2D eigenvalue weighted by Gasteiger charge is -2.16.